The van der Waals surface area contributed by atoms with Crippen LogP contribution in [0, 0.1) is 17.8 Å². The molecule has 0 aromatic rings. The van der Waals surface area contributed by atoms with Crippen molar-refractivity contribution in [2.45, 2.75) is 51.8 Å². The standard InChI is InChI=1S/C11H21Cl/c1-4-11(12)10-6-5-8(2)7-9(10)3/h8-11H,4-7H2,1-3H3. The van der Waals surface area contributed by atoms with Crippen LogP contribution in [0.5, 0.6) is 0 Å². The van der Waals surface area contributed by atoms with Gasteiger partial charge in [-0.3, -0.25) is 0 Å². The molecule has 0 radical (unpaired) electrons. The van der Waals surface area contributed by atoms with Gasteiger partial charge in [-0.15, -0.1) is 11.6 Å². The van der Waals surface area contributed by atoms with Gasteiger partial charge in [-0.2, -0.15) is 0 Å². The van der Waals surface area contributed by atoms with Crippen molar-refractivity contribution in [1.29, 1.82) is 0 Å². The summed E-state index contributed by atoms with van der Waals surface area (Å²) in [7, 11) is 0. The first kappa shape index (κ1) is 10.4. The van der Waals surface area contributed by atoms with Gasteiger partial charge in [0, 0.05) is 5.38 Å². The fraction of sp³-hybridized carbons (Fsp3) is 1.00. The van der Waals surface area contributed by atoms with Crippen LogP contribution in [0.1, 0.15) is 46.5 Å². The molecule has 1 saturated carbocycles. The zero-order valence-corrected chi connectivity index (χ0v) is 9.27. The van der Waals surface area contributed by atoms with Gasteiger partial charge in [0.15, 0.2) is 0 Å². The lowest BCUT2D eigenvalue weighted by molar-refractivity contribution is 0.197. The fourth-order valence-electron chi connectivity index (χ4n) is 2.53. The second kappa shape index (κ2) is 4.50. The van der Waals surface area contributed by atoms with Crippen LogP contribution in [0.2, 0.25) is 0 Å². The first-order valence-corrected chi connectivity index (χ1v) is 5.72. The third kappa shape index (κ3) is 2.39. The molecule has 0 aliphatic heterocycles. The quantitative estimate of drug-likeness (QED) is 0.573. The van der Waals surface area contributed by atoms with E-state index < -0.39 is 0 Å². The Kier molecular flexibility index (Phi) is 3.89. The molecule has 0 saturated heterocycles. The predicted molar refractivity (Wildman–Crippen MR) is 55.6 cm³/mol. The fourth-order valence-corrected chi connectivity index (χ4v) is 2.90. The van der Waals surface area contributed by atoms with Crippen molar-refractivity contribution in [2.75, 3.05) is 0 Å². The predicted octanol–water partition coefficient (Wildman–Crippen LogP) is 4.08. The first-order valence-electron chi connectivity index (χ1n) is 5.29. The largest absolute Gasteiger partial charge is 0.123 e. The molecule has 12 heavy (non-hydrogen) atoms. The van der Waals surface area contributed by atoms with Crippen LogP contribution in [-0.4, -0.2) is 5.38 Å². The number of hydrogen-bond acceptors (Lipinski definition) is 0. The molecule has 1 fully saturated rings. The van der Waals surface area contributed by atoms with E-state index in [0.717, 1.165) is 24.2 Å². The molecule has 4 atom stereocenters. The van der Waals surface area contributed by atoms with Crippen molar-refractivity contribution in [3.05, 3.63) is 0 Å². The smallest absolute Gasteiger partial charge is 0.0364 e. The zero-order chi connectivity index (χ0) is 9.14. The maximum absolute atomic E-state index is 6.29. The molecule has 0 N–H and O–H groups in total. The van der Waals surface area contributed by atoms with Gasteiger partial charge in [0.2, 0.25) is 0 Å². The summed E-state index contributed by atoms with van der Waals surface area (Å²) in [5.41, 5.74) is 0. The molecule has 0 bridgehead atoms. The molecule has 0 nitrogen and oxygen atoms in total. The van der Waals surface area contributed by atoms with Crippen molar-refractivity contribution in [2.24, 2.45) is 17.8 Å². The summed E-state index contributed by atoms with van der Waals surface area (Å²) in [5.74, 6) is 2.56. The average molecular weight is 189 g/mol. The second-order valence-electron chi connectivity index (χ2n) is 4.48. The Balaban J connectivity index is 2.44. The van der Waals surface area contributed by atoms with E-state index in [1.807, 2.05) is 0 Å². The number of rotatable bonds is 2. The number of alkyl halides is 1. The Labute approximate surface area is 81.7 Å². The minimum absolute atomic E-state index is 0.424. The lowest BCUT2D eigenvalue weighted by atomic mass is 9.74. The topological polar surface area (TPSA) is 0 Å². The van der Waals surface area contributed by atoms with Crippen LogP contribution in [0.3, 0.4) is 0 Å². The second-order valence-corrected chi connectivity index (χ2v) is 5.04. The lowest BCUT2D eigenvalue weighted by Crippen LogP contribution is -2.28. The average Bonchev–Trinajstić information content (AvgIpc) is 2.03. The van der Waals surface area contributed by atoms with E-state index in [0.29, 0.717) is 5.38 Å². The third-order valence-electron chi connectivity index (χ3n) is 3.35. The molecule has 1 heteroatoms. The van der Waals surface area contributed by atoms with Gasteiger partial charge in [0.25, 0.3) is 0 Å². The molecule has 1 aliphatic rings. The van der Waals surface area contributed by atoms with E-state index in [2.05, 4.69) is 20.8 Å². The van der Waals surface area contributed by atoms with Crippen molar-refractivity contribution in [1.82, 2.24) is 0 Å². The highest BCUT2D eigenvalue weighted by atomic mass is 35.5. The molecule has 0 amide bonds. The van der Waals surface area contributed by atoms with E-state index in [-0.39, 0.29) is 0 Å². The van der Waals surface area contributed by atoms with Gasteiger partial charge in [0.1, 0.15) is 0 Å². The van der Waals surface area contributed by atoms with Crippen LogP contribution < -0.4 is 0 Å². The summed E-state index contributed by atoms with van der Waals surface area (Å²) < 4.78 is 0. The van der Waals surface area contributed by atoms with Crippen LogP contribution in [0.25, 0.3) is 0 Å². The first-order chi connectivity index (χ1) is 5.65. The molecule has 72 valence electrons. The summed E-state index contributed by atoms with van der Waals surface area (Å²) in [5, 5.41) is 0.424. The summed E-state index contributed by atoms with van der Waals surface area (Å²) in [6, 6.07) is 0. The summed E-state index contributed by atoms with van der Waals surface area (Å²) in [4.78, 5) is 0. The normalized spacial score (nSPS) is 39.5. The van der Waals surface area contributed by atoms with Crippen molar-refractivity contribution >= 4 is 11.6 Å². The van der Waals surface area contributed by atoms with E-state index in [1.54, 1.807) is 0 Å². The molecule has 0 spiro atoms. The van der Waals surface area contributed by atoms with Gasteiger partial charge in [-0.1, -0.05) is 27.2 Å². The van der Waals surface area contributed by atoms with E-state index >= 15 is 0 Å². The van der Waals surface area contributed by atoms with Gasteiger partial charge in [-0.25, -0.2) is 0 Å². The van der Waals surface area contributed by atoms with E-state index in [1.165, 1.54) is 19.3 Å². The molecule has 4 unspecified atom stereocenters. The van der Waals surface area contributed by atoms with Crippen LogP contribution in [0.4, 0.5) is 0 Å². The van der Waals surface area contributed by atoms with Crippen LogP contribution in [-0.2, 0) is 0 Å². The Morgan fingerprint density at radius 1 is 1.33 bits per heavy atom. The molecular weight excluding hydrogens is 168 g/mol. The maximum Gasteiger partial charge on any atom is 0.0364 e. The monoisotopic (exact) mass is 188 g/mol. The van der Waals surface area contributed by atoms with Crippen LogP contribution in [0.15, 0.2) is 0 Å². The minimum atomic E-state index is 0.424. The molecule has 0 heterocycles. The highest BCUT2D eigenvalue weighted by Crippen LogP contribution is 2.37. The Hall–Kier alpha value is 0.290. The number of halogens is 1. The van der Waals surface area contributed by atoms with Gasteiger partial charge in [-0.05, 0) is 37.0 Å². The van der Waals surface area contributed by atoms with Crippen molar-refractivity contribution in [3.63, 3.8) is 0 Å². The van der Waals surface area contributed by atoms with E-state index in [9.17, 15) is 0 Å². The maximum atomic E-state index is 6.29. The van der Waals surface area contributed by atoms with Gasteiger partial charge >= 0.3 is 0 Å². The molecular formula is C11H21Cl. The van der Waals surface area contributed by atoms with Gasteiger partial charge < -0.3 is 0 Å². The van der Waals surface area contributed by atoms with Gasteiger partial charge in [0.05, 0.1) is 0 Å². The third-order valence-corrected chi connectivity index (χ3v) is 3.98. The molecule has 1 rings (SSSR count). The molecule has 1 aliphatic carbocycles. The summed E-state index contributed by atoms with van der Waals surface area (Å²) in [6.07, 6.45) is 5.25. The lowest BCUT2D eigenvalue weighted by Gasteiger charge is -2.35. The Morgan fingerprint density at radius 3 is 2.50 bits per heavy atom. The number of hydrogen-bond donors (Lipinski definition) is 0. The van der Waals surface area contributed by atoms with Crippen LogP contribution >= 0.6 is 11.6 Å². The summed E-state index contributed by atoms with van der Waals surface area (Å²) in [6.45, 7) is 6.93. The highest BCUT2D eigenvalue weighted by Gasteiger charge is 2.29. The SMILES string of the molecule is CCC(Cl)C1CCC(C)CC1C. The highest BCUT2D eigenvalue weighted by molar-refractivity contribution is 6.20. The molecule has 0 aromatic heterocycles. The Morgan fingerprint density at radius 2 is 2.00 bits per heavy atom. The van der Waals surface area contributed by atoms with Crippen molar-refractivity contribution < 1.29 is 0 Å². The summed E-state index contributed by atoms with van der Waals surface area (Å²) >= 11 is 6.29. The Bertz CT molecular complexity index is 133. The zero-order valence-electron chi connectivity index (χ0n) is 8.52. The minimum Gasteiger partial charge on any atom is -0.123 e. The van der Waals surface area contributed by atoms with Crippen molar-refractivity contribution in [3.8, 4) is 0 Å². The van der Waals surface area contributed by atoms with E-state index in [4.69, 9.17) is 11.6 Å². The molecule has 0 aromatic carbocycles.